The van der Waals surface area contributed by atoms with Gasteiger partial charge in [-0.1, -0.05) is 23.7 Å². The Kier molecular flexibility index (Phi) is 4.79. The molecule has 0 bridgehead atoms. The van der Waals surface area contributed by atoms with Crippen molar-refractivity contribution < 1.29 is 8.42 Å². The molecule has 1 N–H and O–H groups in total. The lowest BCUT2D eigenvalue weighted by atomic mass is 10.1. The number of aromatic nitrogens is 2. The molecule has 2 aromatic rings. The molecule has 2 rings (SSSR count). The highest BCUT2D eigenvalue weighted by molar-refractivity contribution is 7.89. The fraction of sp³-hybridized carbons (Fsp3) is 0.286. The number of aryl methyl sites for hydroxylation is 1. The Bertz CT molecular complexity index is 945. The number of hydrogen-bond donors (Lipinski definition) is 1. The zero-order chi connectivity index (χ0) is 17.4. The normalized spacial score (nSPS) is 13.0. The molecule has 23 heavy (non-hydrogen) atoms. The molecule has 1 aromatic carbocycles. The molecule has 0 saturated carbocycles. The Morgan fingerprint density at radius 2 is 1.70 bits per heavy atom. The molecule has 1 atom stereocenters. The average molecular weight is 358 g/mol. The summed E-state index contributed by atoms with van der Waals surface area (Å²) in [4.78, 5) is 23.2. The predicted octanol–water partition coefficient (Wildman–Crippen LogP) is 0.777. The molecule has 0 aliphatic carbocycles. The summed E-state index contributed by atoms with van der Waals surface area (Å²) in [5.74, 6) is 0. The van der Waals surface area contributed by atoms with E-state index in [1.165, 1.54) is 14.1 Å². The molecule has 7 nitrogen and oxygen atoms in total. The highest BCUT2D eigenvalue weighted by Crippen LogP contribution is 2.17. The van der Waals surface area contributed by atoms with E-state index < -0.39 is 32.2 Å². The average Bonchev–Trinajstić information content (AvgIpc) is 2.48. The summed E-state index contributed by atoms with van der Waals surface area (Å²) < 4.78 is 29.1. The van der Waals surface area contributed by atoms with Crippen molar-refractivity contribution in [2.75, 3.05) is 0 Å². The smallest absolute Gasteiger partial charge is 0.302 e. The maximum Gasteiger partial charge on any atom is 0.330 e. The first-order chi connectivity index (χ1) is 10.6. The Hall–Kier alpha value is -1.90. The number of halogens is 1. The van der Waals surface area contributed by atoms with Crippen molar-refractivity contribution in [2.24, 2.45) is 14.1 Å². The third kappa shape index (κ3) is 3.54. The minimum absolute atomic E-state index is 0.483. The Morgan fingerprint density at radius 3 is 2.26 bits per heavy atom. The van der Waals surface area contributed by atoms with Crippen molar-refractivity contribution in [3.05, 3.63) is 61.9 Å². The molecule has 0 amide bonds. The minimum atomic E-state index is -4.09. The van der Waals surface area contributed by atoms with E-state index >= 15 is 0 Å². The van der Waals surface area contributed by atoms with Crippen LogP contribution in [-0.4, -0.2) is 17.6 Å². The topological polar surface area (TPSA) is 90.2 Å². The van der Waals surface area contributed by atoms with Crippen molar-refractivity contribution >= 4 is 21.6 Å². The summed E-state index contributed by atoms with van der Waals surface area (Å²) in [5, 5.41) is 0.538. The number of nitrogens with zero attached hydrogens (tertiary/aromatic N) is 2. The van der Waals surface area contributed by atoms with Crippen molar-refractivity contribution in [1.82, 2.24) is 13.9 Å². The van der Waals surface area contributed by atoms with Crippen LogP contribution in [0, 0.1) is 0 Å². The molecular weight excluding hydrogens is 342 g/mol. The van der Waals surface area contributed by atoms with E-state index in [2.05, 4.69) is 4.72 Å². The first kappa shape index (κ1) is 17.5. The Morgan fingerprint density at radius 1 is 1.13 bits per heavy atom. The van der Waals surface area contributed by atoms with Crippen LogP contribution in [0.25, 0.3) is 0 Å². The molecule has 0 aliphatic heterocycles. The largest absolute Gasteiger partial charge is 0.330 e. The van der Waals surface area contributed by atoms with Gasteiger partial charge in [0.25, 0.3) is 5.56 Å². The molecule has 1 unspecified atom stereocenters. The lowest BCUT2D eigenvalue weighted by Crippen LogP contribution is -2.41. The van der Waals surface area contributed by atoms with E-state index in [-0.39, 0.29) is 0 Å². The SMILES string of the molecule is CC(NS(=O)(=O)c1cn(C)c(=O)n(C)c1=O)c1ccc(Cl)cc1. The number of sulfonamides is 1. The van der Waals surface area contributed by atoms with E-state index in [0.717, 1.165) is 15.3 Å². The van der Waals surface area contributed by atoms with Crippen molar-refractivity contribution in [1.29, 1.82) is 0 Å². The fourth-order valence-electron chi connectivity index (χ4n) is 2.08. The maximum absolute atomic E-state index is 12.5. The van der Waals surface area contributed by atoms with Gasteiger partial charge in [-0.15, -0.1) is 0 Å². The first-order valence-corrected chi connectivity index (χ1v) is 8.54. The molecule has 0 aliphatic rings. The maximum atomic E-state index is 12.5. The van der Waals surface area contributed by atoms with Gasteiger partial charge >= 0.3 is 5.69 Å². The summed E-state index contributed by atoms with van der Waals surface area (Å²) in [6, 6.07) is 6.10. The molecule has 0 spiro atoms. The second-order valence-corrected chi connectivity index (χ2v) is 7.26. The van der Waals surface area contributed by atoms with Crippen LogP contribution in [0.3, 0.4) is 0 Å². The highest BCUT2D eigenvalue weighted by atomic mass is 35.5. The molecule has 0 fully saturated rings. The highest BCUT2D eigenvalue weighted by Gasteiger charge is 2.23. The third-order valence-corrected chi connectivity index (χ3v) is 5.18. The Balaban J connectivity index is 2.42. The lowest BCUT2D eigenvalue weighted by Gasteiger charge is -2.15. The summed E-state index contributed by atoms with van der Waals surface area (Å²) >= 11 is 5.80. The van der Waals surface area contributed by atoms with E-state index in [1.807, 2.05) is 0 Å². The van der Waals surface area contributed by atoms with Crippen LogP contribution < -0.4 is 16.0 Å². The zero-order valence-electron chi connectivity index (χ0n) is 12.8. The van der Waals surface area contributed by atoms with Crippen molar-refractivity contribution in [3.63, 3.8) is 0 Å². The van der Waals surface area contributed by atoms with Crippen molar-refractivity contribution in [2.45, 2.75) is 17.9 Å². The molecule has 0 saturated heterocycles. The number of rotatable bonds is 4. The molecule has 124 valence electrons. The summed E-state index contributed by atoms with van der Waals surface area (Å²) in [6.07, 6.45) is 1.02. The molecule has 9 heteroatoms. The molecule has 0 radical (unpaired) electrons. The molecule has 1 heterocycles. The van der Waals surface area contributed by atoms with Gasteiger partial charge in [0.2, 0.25) is 10.0 Å². The van der Waals surface area contributed by atoms with E-state index in [4.69, 9.17) is 11.6 Å². The number of nitrogens with one attached hydrogen (secondary N) is 1. The predicted molar refractivity (Wildman–Crippen MR) is 87.1 cm³/mol. The zero-order valence-corrected chi connectivity index (χ0v) is 14.4. The van der Waals surface area contributed by atoms with Crippen LogP contribution in [-0.2, 0) is 24.1 Å². The fourth-order valence-corrected chi connectivity index (χ4v) is 3.59. The van der Waals surface area contributed by atoms with Gasteiger partial charge in [-0.25, -0.2) is 17.9 Å². The minimum Gasteiger partial charge on any atom is -0.302 e. The van der Waals surface area contributed by atoms with Gasteiger partial charge in [0.05, 0.1) is 0 Å². The van der Waals surface area contributed by atoms with E-state index in [1.54, 1.807) is 31.2 Å². The van der Waals surface area contributed by atoms with Gasteiger partial charge < -0.3 is 4.57 Å². The van der Waals surface area contributed by atoms with Crippen LogP contribution in [0.1, 0.15) is 18.5 Å². The van der Waals surface area contributed by atoms with Crippen LogP contribution >= 0.6 is 11.6 Å². The van der Waals surface area contributed by atoms with Gasteiger partial charge in [-0.05, 0) is 24.6 Å². The third-order valence-electron chi connectivity index (χ3n) is 3.41. The van der Waals surface area contributed by atoms with Gasteiger partial charge in [0, 0.05) is 31.4 Å². The second-order valence-electron chi connectivity index (χ2n) is 5.15. The van der Waals surface area contributed by atoms with Crippen LogP contribution in [0.5, 0.6) is 0 Å². The van der Waals surface area contributed by atoms with E-state index in [0.29, 0.717) is 10.6 Å². The second kappa shape index (κ2) is 6.31. The van der Waals surface area contributed by atoms with Gasteiger partial charge in [-0.2, -0.15) is 0 Å². The number of hydrogen-bond acceptors (Lipinski definition) is 4. The van der Waals surface area contributed by atoms with E-state index in [9.17, 15) is 18.0 Å². The lowest BCUT2D eigenvalue weighted by molar-refractivity contribution is 0.557. The van der Waals surface area contributed by atoms with Gasteiger partial charge in [0.15, 0.2) is 4.90 Å². The quantitative estimate of drug-likeness (QED) is 0.875. The Labute approximate surface area is 138 Å². The van der Waals surface area contributed by atoms with Gasteiger partial charge in [-0.3, -0.25) is 9.36 Å². The molecular formula is C14H16ClN3O4S. The summed E-state index contributed by atoms with van der Waals surface area (Å²) in [6.45, 7) is 1.65. The summed E-state index contributed by atoms with van der Waals surface area (Å²) in [5.41, 5.74) is -0.775. The van der Waals surface area contributed by atoms with Crippen molar-refractivity contribution in [3.8, 4) is 0 Å². The van der Waals surface area contributed by atoms with Crippen LogP contribution in [0.2, 0.25) is 5.02 Å². The summed E-state index contributed by atoms with van der Waals surface area (Å²) in [7, 11) is -1.48. The van der Waals surface area contributed by atoms with Crippen LogP contribution in [0.15, 0.2) is 44.9 Å². The monoisotopic (exact) mass is 357 g/mol. The van der Waals surface area contributed by atoms with Crippen LogP contribution in [0.4, 0.5) is 0 Å². The van der Waals surface area contributed by atoms with Gasteiger partial charge in [0.1, 0.15) is 0 Å². The number of benzene rings is 1. The standard InChI is InChI=1S/C14H16ClN3O4S/c1-9(10-4-6-11(15)7-5-10)16-23(21,22)12-8-17(2)14(20)18(3)13(12)19/h4-9,16H,1-3H3. The molecule has 1 aromatic heterocycles. The first-order valence-electron chi connectivity index (χ1n) is 6.68.